The fraction of sp³-hybridized carbons (Fsp3) is 1.00. The van der Waals surface area contributed by atoms with Crippen LogP contribution in [0, 0.1) is 0 Å². The van der Waals surface area contributed by atoms with Crippen molar-refractivity contribution >= 4 is 10.0 Å². The first-order valence-corrected chi connectivity index (χ1v) is 8.71. The second-order valence-corrected chi connectivity index (χ2v) is 7.38. The first-order chi connectivity index (χ1) is 9.05. The van der Waals surface area contributed by atoms with Gasteiger partial charge in [-0.25, -0.2) is 13.1 Å². The molecule has 0 radical (unpaired) electrons. The zero-order chi connectivity index (χ0) is 13.7. The molecule has 2 N–H and O–H groups in total. The highest BCUT2D eigenvalue weighted by molar-refractivity contribution is 7.89. The minimum absolute atomic E-state index is 0.0344. The van der Waals surface area contributed by atoms with Crippen molar-refractivity contribution < 1.29 is 13.2 Å². The SMILES string of the molecule is CN1CCOC(CNS(=O)(=O)CC2CCCCN2)C1. The van der Waals surface area contributed by atoms with Crippen LogP contribution in [0.15, 0.2) is 0 Å². The number of morpholine rings is 1. The molecule has 2 fully saturated rings. The Morgan fingerprint density at radius 3 is 2.95 bits per heavy atom. The van der Waals surface area contributed by atoms with Gasteiger partial charge in [-0.1, -0.05) is 6.42 Å². The van der Waals surface area contributed by atoms with Gasteiger partial charge in [-0.05, 0) is 26.4 Å². The standard InChI is InChI=1S/C12H25N3O3S/c1-15-6-7-18-12(9-15)8-14-19(16,17)10-11-4-2-3-5-13-11/h11-14H,2-10H2,1H3. The fourth-order valence-electron chi connectivity index (χ4n) is 2.60. The largest absolute Gasteiger partial charge is 0.374 e. The first-order valence-electron chi connectivity index (χ1n) is 7.06. The summed E-state index contributed by atoms with van der Waals surface area (Å²) in [7, 11) is -1.19. The molecule has 2 saturated heterocycles. The van der Waals surface area contributed by atoms with Crippen LogP contribution < -0.4 is 10.0 Å². The molecule has 0 aromatic carbocycles. The van der Waals surface area contributed by atoms with E-state index >= 15 is 0 Å². The van der Waals surface area contributed by atoms with Crippen molar-refractivity contribution in [2.24, 2.45) is 0 Å². The van der Waals surface area contributed by atoms with Crippen LogP contribution in [0.25, 0.3) is 0 Å². The highest BCUT2D eigenvalue weighted by atomic mass is 32.2. The number of nitrogens with one attached hydrogen (secondary N) is 2. The Morgan fingerprint density at radius 2 is 2.26 bits per heavy atom. The van der Waals surface area contributed by atoms with Gasteiger partial charge in [-0.15, -0.1) is 0 Å². The molecule has 0 aromatic heterocycles. The van der Waals surface area contributed by atoms with Crippen LogP contribution in [0.3, 0.4) is 0 Å². The van der Waals surface area contributed by atoms with E-state index in [2.05, 4.69) is 14.9 Å². The fourth-order valence-corrected chi connectivity index (χ4v) is 3.97. The molecule has 2 rings (SSSR count). The quantitative estimate of drug-likeness (QED) is 0.706. The van der Waals surface area contributed by atoms with Crippen LogP contribution >= 0.6 is 0 Å². The molecule has 2 unspecified atom stereocenters. The van der Waals surface area contributed by atoms with Crippen LogP contribution in [-0.4, -0.2) is 71.0 Å². The Labute approximate surface area is 115 Å². The summed E-state index contributed by atoms with van der Waals surface area (Å²) in [5, 5.41) is 3.26. The highest BCUT2D eigenvalue weighted by Gasteiger charge is 2.23. The van der Waals surface area contributed by atoms with Crippen molar-refractivity contribution in [2.45, 2.75) is 31.4 Å². The molecule has 0 saturated carbocycles. The van der Waals surface area contributed by atoms with Gasteiger partial charge in [0.15, 0.2) is 0 Å². The van der Waals surface area contributed by atoms with Crippen molar-refractivity contribution in [2.75, 3.05) is 45.6 Å². The summed E-state index contributed by atoms with van der Waals surface area (Å²) < 4.78 is 32.2. The van der Waals surface area contributed by atoms with E-state index in [0.717, 1.165) is 38.9 Å². The van der Waals surface area contributed by atoms with Crippen molar-refractivity contribution in [3.63, 3.8) is 0 Å². The van der Waals surface area contributed by atoms with Gasteiger partial charge in [0, 0.05) is 25.7 Å². The normalized spacial score (nSPS) is 30.4. The third-order valence-corrected chi connectivity index (χ3v) is 5.15. The number of sulfonamides is 1. The summed E-state index contributed by atoms with van der Waals surface area (Å²) in [5.41, 5.74) is 0. The van der Waals surface area contributed by atoms with E-state index in [0.29, 0.717) is 13.2 Å². The average Bonchev–Trinajstić information content (AvgIpc) is 2.37. The van der Waals surface area contributed by atoms with E-state index in [4.69, 9.17) is 4.74 Å². The molecule has 2 aliphatic rings. The van der Waals surface area contributed by atoms with Gasteiger partial charge in [-0.3, -0.25) is 0 Å². The summed E-state index contributed by atoms with van der Waals surface area (Å²) in [6.45, 7) is 3.67. The number of ether oxygens (including phenoxy) is 1. The second kappa shape index (κ2) is 6.99. The summed E-state index contributed by atoms with van der Waals surface area (Å²) in [4.78, 5) is 2.16. The molecule has 112 valence electrons. The molecule has 0 amide bonds. The van der Waals surface area contributed by atoms with E-state index in [1.165, 1.54) is 0 Å². The predicted octanol–water partition coefficient (Wildman–Crippen LogP) is -0.621. The highest BCUT2D eigenvalue weighted by Crippen LogP contribution is 2.09. The molecule has 19 heavy (non-hydrogen) atoms. The number of hydrogen-bond donors (Lipinski definition) is 2. The van der Waals surface area contributed by atoms with Crippen molar-refractivity contribution in [3.05, 3.63) is 0 Å². The topological polar surface area (TPSA) is 70.7 Å². The van der Waals surface area contributed by atoms with Crippen molar-refractivity contribution in [1.82, 2.24) is 14.9 Å². The molecule has 2 atom stereocenters. The predicted molar refractivity (Wildman–Crippen MR) is 74.7 cm³/mol. The van der Waals surface area contributed by atoms with Crippen molar-refractivity contribution in [1.29, 1.82) is 0 Å². The Morgan fingerprint density at radius 1 is 1.42 bits per heavy atom. The second-order valence-electron chi connectivity index (χ2n) is 5.53. The lowest BCUT2D eigenvalue weighted by Crippen LogP contribution is -2.48. The summed E-state index contributed by atoms with van der Waals surface area (Å²) in [6.07, 6.45) is 3.17. The lowest BCUT2D eigenvalue weighted by atomic mass is 10.1. The van der Waals surface area contributed by atoms with E-state index < -0.39 is 10.0 Å². The number of likely N-dealkylation sites (N-methyl/N-ethyl adjacent to an activating group) is 1. The van der Waals surface area contributed by atoms with Gasteiger partial charge in [0.05, 0.1) is 18.5 Å². The van der Waals surface area contributed by atoms with E-state index in [1.807, 2.05) is 7.05 Å². The number of rotatable bonds is 5. The molecule has 0 aliphatic carbocycles. The maximum absolute atomic E-state index is 12.0. The van der Waals surface area contributed by atoms with Gasteiger partial charge in [0.1, 0.15) is 0 Å². The van der Waals surface area contributed by atoms with E-state index in [-0.39, 0.29) is 17.9 Å². The Bertz CT molecular complexity index is 368. The molecule has 2 heterocycles. The summed E-state index contributed by atoms with van der Waals surface area (Å²) in [6, 6.07) is 0.0983. The summed E-state index contributed by atoms with van der Waals surface area (Å²) >= 11 is 0. The van der Waals surface area contributed by atoms with Gasteiger partial charge < -0.3 is 15.0 Å². The van der Waals surface area contributed by atoms with Crippen LogP contribution in [0.4, 0.5) is 0 Å². The average molecular weight is 291 g/mol. The Kier molecular flexibility index (Phi) is 5.58. The number of piperidine rings is 1. The van der Waals surface area contributed by atoms with Crippen LogP contribution in [0.2, 0.25) is 0 Å². The molecule has 0 aromatic rings. The zero-order valence-electron chi connectivity index (χ0n) is 11.6. The van der Waals surface area contributed by atoms with Crippen molar-refractivity contribution in [3.8, 4) is 0 Å². The molecule has 0 spiro atoms. The smallest absolute Gasteiger partial charge is 0.213 e. The van der Waals surface area contributed by atoms with E-state index in [1.54, 1.807) is 0 Å². The lowest BCUT2D eigenvalue weighted by Gasteiger charge is -2.30. The molecule has 0 bridgehead atoms. The number of nitrogens with zero attached hydrogens (tertiary/aromatic N) is 1. The zero-order valence-corrected chi connectivity index (χ0v) is 12.4. The third kappa shape index (κ3) is 5.35. The molecular formula is C12H25N3O3S. The van der Waals surface area contributed by atoms with Gasteiger partial charge in [0.2, 0.25) is 10.0 Å². The maximum atomic E-state index is 12.0. The first kappa shape index (κ1) is 15.2. The van der Waals surface area contributed by atoms with E-state index in [9.17, 15) is 8.42 Å². The van der Waals surface area contributed by atoms with Crippen LogP contribution in [-0.2, 0) is 14.8 Å². The molecule has 7 heteroatoms. The third-order valence-electron chi connectivity index (χ3n) is 3.71. The van der Waals surface area contributed by atoms with Gasteiger partial charge in [0.25, 0.3) is 0 Å². The Hall–Kier alpha value is -0.210. The minimum Gasteiger partial charge on any atom is -0.374 e. The monoisotopic (exact) mass is 291 g/mol. The minimum atomic E-state index is -3.21. The Balaban J connectivity index is 1.73. The van der Waals surface area contributed by atoms with Crippen LogP contribution in [0.5, 0.6) is 0 Å². The lowest BCUT2D eigenvalue weighted by molar-refractivity contribution is -0.0156. The van der Waals surface area contributed by atoms with Crippen LogP contribution in [0.1, 0.15) is 19.3 Å². The molecule has 2 aliphatic heterocycles. The number of hydrogen-bond acceptors (Lipinski definition) is 5. The molecular weight excluding hydrogens is 266 g/mol. The summed E-state index contributed by atoms with van der Waals surface area (Å²) in [5.74, 6) is 0.176. The maximum Gasteiger partial charge on any atom is 0.213 e. The van der Waals surface area contributed by atoms with Gasteiger partial charge in [-0.2, -0.15) is 0 Å². The molecule has 6 nitrogen and oxygen atoms in total. The van der Waals surface area contributed by atoms with Gasteiger partial charge >= 0.3 is 0 Å².